The Balaban J connectivity index is 1.95. The maximum atomic E-state index is 11.0. The number of hydrogen-bond donors (Lipinski definition) is 1. The third kappa shape index (κ3) is 1.88. The van der Waals surface area contributed by atoms with Gasteiger partial charge in [-0.15, -0.1) is 0 Å². The van der Waals surface area contributed by atoms with Crippen molar-refractivity contribution in [2.75, 3.05) is 0 Å². The molecule has 1 aromatic carbocycles. The molecule has 0 spiro atoms. The van der Waals surface area contributed by atoms with Crippen molar-refractivity contribution in [3.63, 3.8) is 0 Å². The molecule has 18 heavy (non-hydrogen) atoms. The van der Waals surface area contributed by atoms with E-state index in [0.29, 0.717) is 12.8 Å². The van der Waals surface area contributed by atoms with Crippen LogP contribution in [0.4, 0.5) is 0 Å². The van der Waals surface area contributed by atoms with Crippen LogP contribution >= 0.6 is 0 Å². The molecular formula is C15H13NO2. The largest absolute Gasteiger partial charge is 0.481 e. The van der Waals surface area contributed by atoms with E-state index < -0.39 is 5.97 Å². The van der Waals surface area contributed by atoms with Gasteiger partial charge < -0.3 is 5.11 Å². The third-order valence-electron chi connectivity index (χ3n) is 3.42. The lowest BCUT2D eigenvalue weighted by Gasteiger charge is -2.03. The van der Waals surface area contributed by atoms with Gasteiger partial charge in [0.1, 0.15) is 0 Å². The molecule has 0 bridgehead atoms. The Hall–Kier alpha value is -2.16. The Morgan fingerprint density at radius 2 is 1.94 bits per heavy atom. The molecule has 2 aromatic rings. The lowest BCUT2D eigenvalue weighted by molar-refractivity contribution is -0.141. The molecule has 1 aromatic heterocycles. The average molecular weight is 239 g/mol. The molecule has 0 saturated carbocycles. The van der Waals surface area contributed by atoms with Crippen LogP contribution in [0.2, 0.25) is 0 Å². The highest BCUT2D eigenvalue weighted by molar-refractivity contribution is 5.72. The van der Waals surface area contributed by atoms with E-state index >= 15 is 0 Å². The summed E-state index contributed by atoms with van der Waals surface area (Å²) in [6.45, 7) is 0. The smallest absolute Gasteiger partial charge is 0.307 e. The summed E-state index contributed by atoms with van der Waals surface area (Å²) in [5, 5.41) is 9.04. The Morgan fingerprint density at radius 1 is 1.17 bits per heavy atom. The Morgan fingerprint density at radius 3 is 2.67 bits per heavy atom. The molecule has 0 fully saturated rings. The van der Waals surface area contributed by atoms with Crippen molar-refractivity contribution >= 4 is 5.97 Å². The minimum absolute atomic E-state index is 0.307. The molecule has 1 unspecified atom stereocenters. The molecule has 1 N–H and O–H groups in total. The summed E-state index contributed by atoms with van der Waals surface area (Å²) in [6.07, 6.45) is 2.98. The first kappa shape index (κ1) is 11.0. The number of pyridine rings is 1. The molecule has 0 radical (unpaired) electrons. The average Bonchev–Trinajstić information content (AvgIpc) is 2.82. The van der Waals surface area contributed by atoms with Crippen molar-refractivity contribution < 1.29 is 9.90 Å². The zero-order chi connectivity index (χ0) is 12.5. The van der Waals surface area contributed by atoms with E-state index in [1.807, 2.05) is 36.5 Å². The summed E-state index contributed by atoms with van der Waals surface area (Å²) in [5.74, 6) is -1.03. The first-order valence-corrected chi connectivity index (χ1v) is 6.00. The van der Waals surface area contributed by atoms with Gasteiger partial charge in [0.2, 0.25) is 0 Å². The maximum Gasteiger partial charge on any atom is 0.307 e. The number of aliphatic carboxylic acids is 1. The number of benzene rings is 1. The number of rotatable bonds is 2. The monoisotopic (exact) mass is 239 g/mol. The van der Waals surface area contributed by atoms with Gasteiger partial charge in [-0.25, -0.2) is 0 Å². The zero-order valence-corrected chi connectivity index (χ0v) is 9.84. The number of fused-ring (bicyclic) bond motifs is 1. The highest BCUT2D eigenvalue weighted by Crippen LogP contribution is 2.29. The standard InChI is InChI=1S/C15H13NO2/c17-15(18)12-6-11-7-13(9-16-14(11)8-12)10-4-2-1-3-5-10/h1-5,7,9,12H,6,8H2,(H,17,18). The van der Waals surface area contributed by atoms with Crippen molar-refractivity contribution in [2.24, 2.45) is 5.92 Å². The van der Waals surface area contributed by atoms with Gasteiger partial charge in [-0.05, 0) is 23.6 Å². The molecule has 3 rings (SSSR count). The Bertz CT molecular complexity index is 593. The molecule has 0 amide bonds. The second-order valence-electron chi connectivity index (χ2n) is 4.64. The third-order valence-corrected chi connectivity index (χ3v) is 3.42. The second-order valence-corrected chi connectivity index (χ2v) is 4.64. The SMILES string of the molecule is O=C(O)C1Cc2cc(-c3ccccc3)cnc2C1. The van der Waals surface area contributed by atoms with Crippen molar-refractivity contribution in [1.82, 2.24) is 4.98 Å². The van der Waals surface area contributed by atoms with Crippen LogP contribution in [0.25, 0.3) is 11.1 Å². The molecule has 1 aliphatic rings. The predicted octanol–water partition coefficient (Wildman–Crippen LogP) is 2.55. The molecule has 3 heteroatoms. The molecule has 1 heterocycles. The van der Waals surface area contributed by atoms with Crippen molar-refractivity contribution in [2.45, 2.75) is 12.8 Å². The zero-order valence-electron chi connectivity index (χ0n) is 9.84. The van der Waals surface area contributed by atoms with Crippen molar-refractivity contribution in [3.8, 4) is 11.1 Å². The van der Waals surface area contributed by atoms with E-state index in [1.54, 1.807) is 0 Å². The number of carboxylic acid groups (broad SMARTS) is 1. The summed E-state index contributed by atoms with van der Waals surface area (Å²) in [4.78, 5) is 15.4. The van der Waals surface area contributed by atoms with Crippen LogP contribution in [-0.2, 0) is 17.6 Å². The van der Waals surface area contributed by atoms with Crippen molar-refractivity contribution in [1.29, 1.82) is 0 Å². The minimum Gasteiger partial charge on any atom is -0.481 e. The first-order valence-electron chi connectivity index (χ1n) is 6.00. The van der Waals surface area contributed by atoms with E-state index in [4.69, 9.17) is 5.11 Å². The normalized spacial score (nSPS) is 17.4. The lowest BCUT2D eigenvalue weighted by Crippen LogP contribution is -2.13. The van der Waals surface area contributed by atoms with E-state index in [-0.39, 0.29) is 5.92 Å². The predicted molar refractivity (Wildman–Crippen MR) is 68.2 cm³/mol. The van der Waals surface area contributed by atoms with Crippen molar-refractivity contribution in [3.05, 3.63) is 53.9 Å². The van der Waals surface area contributed by atoms with Crippen LogP contribution in [0.5, 0.6) is 0 Å². The van der Waals surface area contributed by atoms with Crippen LogP contribution < -0.4 is 0 Å². The van der Waals surface area contributed by atoms with Gasteiger partial charge in [0.15, 0.2) is 0 Å². The van der Waals surface area contributed by atoms with Gasteiger partial charge >= 0.3 is 5.97 Å². The van der Waals surface area contributed by atoms with Gasteiger partial charge in [-0.2, -0.15) is 0 Å². The van der Waals surface area contributed by atoms with E-state index in [1.165, 1.54) is 0 Å². The topological polar surface area (TPSA) is 50.2 Å². The highest BCUT2D eigenvalue weighted by Gasteiger charge is 2.28. The van der Waals surface area contributed by atoms with E-state index in [2.05, 4.69) is 11.1 Å². The van der Waals surface area contributed by atoms with Crippen LogP contribution in [0.15, 0.2) is 42.6 Å². The molecule has 1 aliphatic carbocycles. The lowest BCUT2D eigenvalue weighted by atomic mass is 10.0. The molecular weight excluding hydrogens is 226 g/mol. The van der Waals surface area contributed by atoms with Gasteiger partial charge in [-0.1, -0.05) is 30.3 Å². The molecule has 1 atom stereocenters. The second kappa shape index (κ2) is 4.26. The summed E-state index contributed by atoms with van der Waals surface area (Å²) >= 11 is 0. The van der Waals surface area contributed by atoms with Gasteiger partial charge in [-0.3, -0.25) is 9.78 Å². The number of carboxylic acids is 1. The van der Waals surface area contributed by atoms with E-state index in [9.17, 15) is 4.79 Å². The van der Waals surface area contributed by atoms with Gasteiger partial charge in [0.05, 0.1) is 5.92 Å². The van der Waals surface area contributed by atoms with Crippen LogP contribution in [-0.4, -0.2) is 16.1 Å². The van der Waals surface area contributed by atoms with E-state index in [0.717, 1.165) is 22.4 Å². The quantitative estimate of drug-likeness (QED) is 0.876. The fourth-order valence-electron chi connectivity index (χ4n) is 2.43. The first-order chi connectivity index (χ1) is 8.74. The number of aromatic nitrogens is 1. The summed E-state index contributed by atoms with van der Waals surface area (Å²) in [6, 6.07) is 12.1. The molecule has 0 saturated heterocycles. The van der Waals surface area contributed by atoms with Crippen LogP contribution in [0.1, 0.15) is 11.3 Å². The Labute approximate surface area is 105 Å². The number of carbonyl (C=O) groups is 1. The fourth-order valence-corrected chi connectivity index (χ4v) is 2.43. The van der Waals surface area contributed by atoms with Crippen LogP contribution in [0.3, 0.4) is 0 Å². The molecule has 90 valence electrons. The minimum atomic E-state index is -0.728. The number of nitrogens with zero attached hydrogens (tertiary/aromatic N) is 1. The molecule has 3 nitrogen and oxygen atoms in total. The number of hydrogen-bond acceptors (Lipinski definition) is 2. The highest BCUT2D eigenvalue weighted by atomic mass is 16.4. The summed E-state index contributed by atoms with van der Waals surface area (Å²) in [5.41, 5.74) is 4.18. The van der Waals surface area contributed by atoms with Gasteiger partial charge in [0, 0.05) is 23.9 Å². The summed E-state index contributed by atoms with van der Waals surface area (Å²) < 4.78 is 0. The maximum absolute atomic E-state index is 11.0. The molecule has 0 aliphatic heterocycles. The fraction of sp³-hybridized carbons (Fsp3) is 0.200. The van der Waals surface area contributed by atoms with Gasteiger partial charge in [0.25, 0.3) is 0 Å². The Kier molecular flexibility index (Phi) is 2.59. The summed E-state index contributed by atoms with van der Waals surface area (Å²) in [7, 11) is 0. The van der Waals surface area contributed by atoms with Crippen LogP contribution in [0, 0.1) is 5.92 Å².